The number of aromatic nitrogens is 3. The number of fused-ring (bicyclic) bond motifs is 2. The van der Waals surface area contributed by atoms with E-state index in [1.807, 2.05) is 17.0 Å². The first-order valence-electron chi connectivity index (χ1n) is 10.5. The van der Waals surface area contributed by atoms with E-state index in [4.69, 9.17) is 9.47 Å². The highest BCUT2D eigenvalue weighted by Crippen LogP contribution is 2.38. The Morgan fingerprint density at radius 1 is 1.07 bits per heavy atom. The minimum absolute atomic E-state index is 0.106. The second kappa shape index (κ2) is 8.26. The second-order valence-electron chi connectivity index (χ2n) is 7.80. The molecule has 7 nitrogen and oxygen atoms in total. The fourth-order valence-corrected chi connectivity index (χ4v) is 5.32. The molecule has 0 spiro atoms. The summed E-state index contributed by atoms with van der Waals surface area (Å²) in [7, 11) is 0. The van der Waals surface area contributed by atoms with Gasteiger partial charge in [0.15, 0.2) is 16.7 Å². The first kappa shape index (κ1) is 18.8. The second-order valence-corrected chi connectivity index (χ2v) is 8.74. The topological polar surface area (TPSA) is 69.5 Å². The Labute approximate surface area is 174 Å². The molecular formula is C21H26N4O3S. The molecule has 0 radical (unpaired) electrons. The zero-order valence-electron chi connectivity index (χ0n) is 16.5. The summed E-state index contributed by atoms with van der Waals surface area (Å²) in [4.78, 5) is 15.1. The molecular weight excluding hydrogens is 388 g/mol. The van der Waals surface area contributed by atoms with Gasteiger partial charge in [-0.1, -0.05) is 24.2 Å². The number of hydrogen-bond acceptors (Lipinski definition) is 6. The van der Waals surface area contributed by atoms with E-state index in [2.05, 4.69) is 20.8 Å². The van der Waals surface area contributed by atoms with Crippen molar-refractivity contribution in [2.45, 2.75) is 56.3 Å². The molecule has 1 atom stereocenters. The molecule has 29 heavy (non-hydrogen) atoms. The molecule has 0 saturated carbocycles. The van der Waals surface area contributed by atoms with E-state index in [0.717, 1.165) is 66.8 Å². The normalized spacial score (nSPS) is 21.0. The molecule has 3 aliphatic rings. The monoisotopic (exact) mass is 414 g/mol. The standard InChI is InChI=1S/C21H26N4O3S/c26-20(14-29-21-23-22-19-6-2-1-3-9-25(19)21)24-10-4-5-16(24)15-7-8-17-18(13-15)28-12-11-27-17/h7-8,13,16H,1-6,9-12,14H2/t16-/m0/s1. The highest BCUT2D eigenvalue weighted by atomic mass is 32.2. The lowest BCUT2D eigenvalue weighted by Gasteiger charge is -2.26. The van der Waals surface area contributed by atoms with Crippen LogP contribution in [0.5, 0.6) is 11.5 Å². The first-order valence-corrected chi connectivity index (χ1v) is 11.5. The van der Waals surface area contributed by atoms with Gasteiger partial charge in [0.05, 0.1) is 11.8 Å². The number of likely N-dealkylation sites (tertiary alicyclic amines) is 1. The molecule has 0 N–H and O–H groups in total. The first-order chi connectivity index (χ1) is 14.3. The highest BCUT2D eigenvalue weighted by Gasteiger charge is 2.31. The van der Waals surface area contributed by atoms with Gasteiger partial charge in [0.1, 0.15) is 19.0 Å². The summed E-state index contributed by atoms with van der Waals surface area (Å²) in [6, 6.07) is 6.17. The number of aryl methyl sites for hydroxylation is 1. The van der Waals surface area contributed by atoms with Gasteiger partial charge in [0.2, 0.25) is 5.91 Å². The lowest BCUT2D eigenvalue weighted by atomic mass is 10.0. The molecule has 5 rings (SSSR count). The number of nitrogens with zero attached hydrogens (tertiary/aromatic N) is 4. The number of carbonyl (C=O) groups excluding carboxylic acids is 1. The third-order valence-corrected chi connectivity index (χ3v) is 6.88. The summed E-state index contributed by atoms with van der Waals surface area (Å²) in [6.07, 6.45) is 6.56. The van der Waals surface area contributed by atoms with Crippen LogP contribution in [0.4, 0.5) is 0 Å². The van der Waals surface area contributed by atoms with Crippen molar-refractivity contribution in [2.75, 3.05) is 25.5 Å². The predicted octanol–water partition coefficient (Wildman–Crippen LogP) is 3.23. The Balaban J connectivity index is 1.27. The SMILES string of the molecule is O=C(CSc1nnc2n1CCCCC2)N1CCC[C@H]1c1ccc2c(c1)OCCO2. The van der Waals surface area contributed by atoms with Gasteiger partial charge in [0.25, 0.3) is 0 Å². The zero-order chi connectivity index (χ0) is 19.6. The summed E-state index contributed by atoms with van der Waals surface area (Å²) in [6.45, 7) is 2.92. The third-order valence-electron chi connectivity index (χ3n) is 5.92. The molecule has 1 saturated heterocycles. The molecule has 8 heteroatoms. The fraction of sp³-hybridized carbons (Fsp3) is 0.571. The minimum atomic E-state index is 0.106. The van der Waals surface area contributed by atoms with Crippen molar-refractivity contribution in [3.63, 3.8) is 0 Å². The van der Waals surface area contributed by atoms with Crippen molar-refractivity contribution >= 4 is 17.7 Å². The van der Waals surface area contributed by atoms with Crippen LogP contribution < -0.4 is 9.47 Å². The van der Waals surface area contributed by atoms with Crippen LogP contribution >= 0.6 is 11.8 Å². The Hall–Kier alpha value is -2.22. The quantitative estimate of drug-likeness (QED) is 0.716. The summed E-state index contributed by atoms with van der Waals surface area (Å²) in [5.74, 6) is 3.21. The fourth-order valence-electron chi connectivity index (χ4n) is 4.45. The molecule has 0 bridgehead atoms. The van der Waals surface area contributed by atoms with Crippen LogP contribution in [0.2, 0.25) is 0 Å². The van der Waals surface area contributed by atoms with Gasteiger partial charge in [-0.15, -0.1) is 10.2 Å². The van der Waals surface area contributed by atoms with E-state index in [0.29, 0.717) is 19.0 Å². The number of rotatable bonds is 4. The summed E-state index contributed by atoms with van der Waals surface area (Å²) in [5.41, 5.74) is 1.13. The number of benzene rings is 1. The molecule has 0 aliphatic carbocycles. The van der Waals surface area contributed by atoms with Crippen LogP contribution in [0.25, 0.3) is 0 Å². The zero-order valence-corrected chi connectivity index (χ0v) is 17.3. The Morgan fingerprint density at radius 2 is 1.97 bits per heavy atom. The van der Waals surface area contributed by atoms with Crippen LogP contribution in [0.3, 0.4) is 0 Å². The molecule has 4 heterocycles. The molecule has 1 fully saturated rings. The number of ether oxygens (including phenoxy) is 2. The Bertz CT molecular complexity index is 900. The summed E-state index contributed by atoms with van der Waals surface area (Å²) in [5, 5.41) is 9.56. The predicted molar refractivity (Wildman–Crippen MR) is 109 cm³/mol. The van der Waals surface area contributed by atoms with Crippen LogP contribution in [0, 0.1) is 0 Å². The van der Waals surface area contributed by atoms with E-state index in [1.165, 1.54) is 24.6 Å². The Kier molecular flexibility index (Phi) is 5.35. The van der Waals surface area contributed by atoms with Gasteiger partial charge >= 0.3 is 0 Å². The average molecular weight is 415 g/mol. The van der Waals surface area contributed by atoms with Gasteiger partial charge in [-0.05, 0) is 43.4 Å². The highest BCUT2D eigenvalue weighted by molar-refractivity contribution is 7.99. The maximum absolute atomic E-state index is 13.0. The average Bonchev–Trinajstić information content (AvgIpc) is 3.33. The van der Waals surface area contributed by atoms with E-state index >= 15 is 0 Å². The summed E-state index contributed by atoms with van der Waals surface area (Å²) < 4.78 is 13.6. The maximum atomic E-state index is 13.0. The van der Waals surface area contributed by atoms with E-state index in [9.17, 15) is 4.79 Å². The molecule has 2 aromatic rings. The number of carbonyl (C=O) groups is 1. The molecule has 1 aromatic carbocycles. The number of thioether (sulfide) groups is 1. The molecule has 1 aromatic heterocycles. The van der Waals surface area contributed by atoms with Crippen molar-refractivity contribution in [3.8, 4) is 11.5 Å². The minimum Gasteiger partial charge on any atom is -0.486 e. The lowest BCUT2D eigenvalue weighted by molar-refractivity contribution is -0.129. The van der Waals surface area contributed by atoms with Crippen molar-refractivity contribution in [3.05, 3.63) is 29.6 Å². The van der Waals surface area contributed by atoms with Crippen LogP contribution in [-0.2, 0) is 17.8 Å². The maximum Gasteiger partial charge on any atom is 0.233 e. The lowest BCUT2D eigenvalue weighted by Crippen LogP contribution is -2.32. The van der Waals surface area contributed by atoms with Crippen LogP contribution in [0.1, 0.15) is 49.5 Å². The Morgan fingerprint density at radius 3 is 2.90 bits per heavy atom. The number of amides is 1. The van der Waals surface area contributed by atoms with Gasteiger partial charge in [-0.3, -0.25) is 4.79 Å². The van der Waals surface area contributed by atoms with Gasteiger partial charge < -0.3 is 18.9 Å². The van der Waals surface area contributed by atoms with Crippen molar-refractivity contribution in [1.82, 2.24) is 19.7 Å². The van der Waals surface area contributed by atoms with Gasteiger partial charge in [0, 0.05) is 19.5 Å². The van der Waals surface area contributed by atoms with E-state index in [-0.39, 0.29) is 11.9 Å². The molecule has 1 amide bonds. The largest absolute Gasteiger partial charge is 0.486 e. The van der Waals surface area contributed by atoms with Gasteiger partial charge in [-0.2, -0.15) is 0 Å². The summed E-state index contributed by atoms with van der Waals surface area (Å²) >= 11 is 1.52. The van der Waals surface area contributed by atoms with Crippen molar-refractivity contribution in [1.29, 1.82) is 0 Å². The molecule has 3 aliphatic heterocycles. The molecule has 0 unspecified atom stereocenters. The van der Waals surface area contributed by atoms with Crippen LogP contribution in [0.15, 0.2) is 23.4 Å². The van der Waals surface area contributed by atoms with Crippen molar-refractivity contribution < 1.29 is 14.3 Å². The van der Waals surface area contributed by atoms with Crippen molar-refractivity contribution in [2.24, 2.45) is 0 Å². The van der Waals surface area contributed by atoms with E-state index in [1.54, 1.807) is 0 Å². The smallest absolute Gasteiger partial charge is 0.233 e. The molecule has 154 valence electrons. The third kappa shape index (κ3) is 3.82. The number of hydrogen-bond donors (Lipinski definition) is 0. The van der Waals surface area contributed by atoms with Crippen LogP contribution in [-0.4, -0.2) is 51.1 Å². The van der Waals surface area contributed by atoms with Gasteiger partial charge in [-0.25, -0.2) is 0 Å². The van der Waals surface area contributed by atoms with E-state index < -0.39 is 0 Å².